The average Bonchev–Trinajstić information content (AvgIpc) is 2.99. The van der Waals surface area contributed by atoms with Crippen LogP contribution in [0, 0.1) is 6.92 Å². The highest BCUT2D eigenvalue weighted by Gasteiger charge is 2.29. The monoisotopic (exact) mass is 297 g/mol. The second-order valence-corrected chi connectivity index (χ2v) is 5.82. The second-order valence-electron chi connectivity index (χ2n) is 5.82. The fourth-order valence-electron chi connectivity index (χ4n) is 3.02. The van der Waals surface area contributed by atoms with Crippen molar-refractivity contribution in [1.82, 2.24) is 4.90 Å². The molecule has 0 aliphatic carbocycles. The van der Waals surface area contributed by atoms with Gasteiger partial charge in [0.1, 0.15) is 0 Å². The number of nitrogens with zero attached hydrogens (tertiary/aromatic N) is 1. The molecular weight excluding hydrogens is 278 g/mol. The smallest absolute Gasteiger partial charge is 0.257 e. The Morgan fingerprint density at radius 3 is 2.73 bits per heavy atom. The summed E-state index contributed by atoms with van der Waals surface area (Å²) in [6.07, 6.45) is 0.911. The van der Waals surface area contributed by atoms with Crippen molar-refractivity contribution in [2.75, 3.05) is 13.1 Å². The van der Waals surface area contributed by atoms with Gasteiger partial charge in [0, 0.05) is 19.0 Å². The van der Waals surface area contributed by atoms with Crippen LogP contribution in [0.2, 0.25) is 0 Å². The van der Waals surface area contributed by atoms with Crippen LogP contribution in [0.3, 0.4) is 0 Å². The van der Waals surface area contributed by atoms with Crippen LogP contribution in [0.5, 0.6) is 11.5 Å². The van der Waals surface area contributed by atoms with Gasteiger partial charge in [0.25, 0.3) is 5.91 Å². The molecule has 0 spiro atoms. The number of amides is 1. The van der Waals surface area contributed by atoms with Crippen molar-refractivity contribution in [1.29, 1.82) is 0 Å². The molecule has 3 rings (SSSR count). The van der Waals surface area contributed by atoms with Crippen molar-refractivity contribution < 1.29 is 15.0 Å². The van der Waals surface area contributed by atoms with Crippen LogP contribution < -0.4 is 0 Å². The number of benzene rings is 2. The highest BCUT2D eigenvalue weighted by Crippen LogP contribution is 2.32. The molecule has 1 aliphatic heterocycles. The standard InChI is InChI=1S/C18H19NO3/c1-12-4-2-5-13(10-12)14-8-9-19(11-14)18(22)15-6-3-7-16(20)17(15)21/h2-7,10,14,20-21H,8-9,11H2,1H3. The molecule has 1 amide bonds. The van der Waals surface area contributed by atoms with Crippen LogP contribution in [0.15, 0.2) is 42.5 Å². The van der Waals surface area contributed by atoms with Crippen LogP contribution >= 0.6 is 0 Å². The number of carbonyl (C=O) groups is 1. The topological polar surface area (TPSA) is 60.8 Å². The third kappa shape index (κ3) is 2.64. The summed E-state index contributed by atoms with van der Waals surface area (Å²) in [6, 6.07) is 12.8. The van der Waals surface area contributed by atoms with Crippen LogP contribution in [0.25, 0.3) is 0 Å². The minimum absolute atomic E-state index is 0.157. The molecule has 4 heteroatoms. The molecule has 1 heterocycles. The van der Waals surface area contributed by atoms with Crippen molar-refractivity contribution in [2.45, 2.75) is 19.3 Å². The van der Waals surface area contributed by atoms with Gasteiger partial charge in [0.15, 0.2) is 11.5 Å². The first-order chi connectivity index (χ1) is 10.6. The molecule has 0 saturated carbocycles. The molecule has 22 heavy (non-hydrogen) atoms. The second kappa shape index (κ2) is 5.72. The van der Waals surface area contributed by atoms with Gasteiger partial charge in [-0.15, -0.1) is 0 Å². The van der Waals surface area contributed by atoms with Gasteiger partial charge in [-0.1, -0.05) is 35.9 Å². The maximum Gasteiger partial charge on any atom is 0.257 e. The van der Waals surface area contributed by atoms with E-state index in [0.717, 1.165) is 6.42 Å². The largest absolute Gasteiger partial charge is 0.504 e. The molecular formula is C18H19NO3. The van der Waals surface area contributed by atoms with Crippen LogP contribution in [0.1, 0.15) is 33.8 Å². The van der Waals surface area contributed by atoms with Gasteiger partial charge in [-0.2, -0.15) is 0 Å². The number of rotatable bonds is 2. The van der Waals surface area contributed by atoms with E-state index in [0.29, 0.717) is 19.0 Å². The van der Waals surface area contributed by atoms with Gasteiger partial charge in [0.05, 0.1) is 5.56 Å². The summed E-state index contributed by atoms with van der Waals surface area (Å²) in [4.78, 5) is 14.3. The Balaban J connectivity index is 1.78. The zero-order valence-corrected chi connectivity index (χ0v) is 12.5. The molecule has 0 radical (unpaired) electrons. The molecule has 1 unspecified atom stereocenters. The molecule has 4 nitrogen and oxygen atoms in total. The molecule has 1 saturated heterocycles. The number of hydrogen-bond acceptors (Lipinski definition) is 3. The Bertz CT molecular complexity index is 711. The lowest BCUT2D eigenvalue weighted by Gasteiger charge is -2.18. The Morgan fingerprint density at radius 2 is 1.95 bits per heavy atom. The number of aryl methyl sites for hydroxylation is 1. The van der Waals surface area contributed by atoms with E-state index in [2.05, 4.69) is 25.1 Å². The van der Waals surface area contributed by atoms with Gasteiger partial charge < -0.3 is 15.1 Å². The lowest BCUT2D eigenvalue weighted by atomic mass is 9.97. The molecule has 114 valence electrons. The Hall–Kier alpha value is -2.49. The van der Waals surface area contributed by atoms with E-state index in [1.165, 1.54) is 23.3 Å². The van der Waals surface area contributed by atoms with Gasteiger partial charge in [0.2, 0.25) is 0 Å². The summed E-state index contributed by atoms with van der Waals surface area (Å²) in [7, 11) is 0. The van der Waals surface area contributed by atoms with Gasteiger partial charge in [-0.05, 0) is 31.0 Å². The summed E-state index contributed by atoms with van der Waals surface area (Å²) in [6.45, 7) is 3.36. The van der Waals surface area contributed by atoms with E-state index in [1.807, 2.05) is 6.07 Å². The van der Waals surface area contributed by atoms with Crippen molar-refractivity contribution in [2.24, 2.45) is 0 Å². The van der Waals surface area contributed by atoms with Crippen LogP contribution in [-0.2, 0) is 0 Å². The zero-order valence-electron chi connectivity index (χ0n) is 12.5. The highest BCUT2D eigenvalue weighted by atomic mass is 16.3. The predicted octanol–water partition coefficient (Wildman–Crippen LogP) is 3.04. The molecule has 0 aromatic heterocycles. The summed E-state index contributed by atoms with van der Waals surface area (Å²) in [5.41, 5.74) is 2.62. The lowest BCUT2D eigenvalue weighted by Crippen LogP contribution is -2.28. The van der Waals surface area contributed by atoms with Gasteiger partial charge in [-0.25, -0.2) is 0 Å². The average molecular weight is 297 g/mol. The number of phenols is 2. The normalized spacial score (nSPS) is 17.7. The zero-order chi connectivity index (χ0) is 15.7. The molecule has 1 aliphatic rings. The Kier molecular flexibility index (Phi) is 3.75. The Morgan fingerprint density at radius 1 is 1.18 bits per heavy atom. The molecule has 0 bridgehead atoms. The molecule has 1 fully saturated rings. The first kappa shape index (κ1) is 14.4. The summed E-state index contributed by atoms with van der Waals surface area (Å²) in [5, 5.41) is 19.4. The molecule has 2 aromatic carbocycles. The third-order valence-corrected chi connectivity index (χ3v) is 4.23. The van der Waals surface area contributed by atoms with Gasteiger partial charge >= 0.3 is 0 Å². The van der Waals surface area contributed by atoms with Crippen molar-refractivity contribution >= 4 is 5.91 Å². The summed E-state index contributed by atoms with van der Waals surface area (Å²) in [5.74, 6) is -0.515. The molecule has 2 N–H and O–H groups in total. The van der Waals surface area contributed by atoms with E-state index in [1.54, 1.807) is 11.0 Å². The van der Waals surface area contributed by atoms with E-state index >= 15 is 0 Å². The van der Waals surface area contributed by atoms with E-state index in [4.69, 9.17) is 0 Å². The van der Waals surface area contributed by atoms with Crippen molar-refractivity contribution in [3.63, 3.8) is 0 Å². The first-order valence-corrected chi connectivity index (χ1v) is 7.43. The molecule has 1 atom stereocenters. The first-order valence-electron chi connectivity index (χ1n) is 7.43. The number of phenolic OH excluding ortho intramolecular Hbond substituents is 2. The van der Waals surface area contributed by atoms with Crippen LogP contribution in [-0.4, -0.2) is 34.1 Å². The SMILES string of the molecule is Cc1cccc(C2CCN(C(=O)c3cccc(O)c3O)C2)c1. The summed E-state index contributed by atoms with van der Waals surface area (Å²) < 4.78 is 0. The number of likely N-dealkylation sites (tertiary alicyclic amines) is 1. The molecule has 2 aromatic rings. The van der Waals surface area contributed by atoms with E-state index < -0.39 is 0 Å². The fourth-order valence-corrected chi connectivity index (χ4v) is 3.02. The maximum atomic E-state index is 12.5. The fraction of sp³-hybridized carbons (Fsp3) is 0.278. The number of hydrogen-bond donors (Lipinski definition) is 2. The predicted molar refractivity (Wildman–Crippen MR) is 84.2 cm³/mol. The number of aromatic hydroxyl groups is 2. The summed E-state index contributed by atoms with van der Waals surface area (Å²) >= 11 is 0. The maximum absolute atomic E-state index is 12.5. The van der Waals surface area contributed by atoms with E-state index in [9.17, 15) is 15.0 Å². The number of para-hydroxylation sites is 1. The van der Waals surface area contributed by atoms with Crippen molar-refractivity contribution in [3.8, 4) is 11.5 Å². The van der Waals surface area contributed by atoms with Crippen LogP contribution in [0.4, 0.5) is 0 Å². The van der Waals surface area contributed by atoms with E-state index in [-0.39, 0.29) is 23.0 Å². The minimum Gasteiger partial charge on any atom is -0.504 e. The third-order valence-electron chi connectivity index (χ3n) is 4.23. The van der Waals surface area contributed by atoms with Gasteiger partial charge in [-0.3, -0.25) is 4.79 Å². The minimum atomic E-state index is -0.341. The lowest BCUT2D eigenvalue weighted by molar-refractivity contribution is 0.0787. The quantitative estimate of drug-likeness (QED) is 0.838. The number of carbonyl (C=O) groups excluding carboxylic acids is 1. The van der Waals surface area contributed by atoms with Crippen molar-refractivity contribution in [3.05, 3.63) is 59.2 Å². The highest BCUT2D eigenvalue weighted by molar-refractivity contribution is 5.97. The Labute approximate surface area is 129 Å².